The SMILES string of the molecule is CC(C)(C)OC(=O)N1CCC(CCCCN2CC(CN3CCN(CCCC(=O)O)CC3)OC2=O)CC1C(=N)N. The monoisotopic (exact) mass is 552 g/mol. The normalized spacial score (nSPS) is 25.0. The second-order valence-corrected chi connectivity index (χ2v) is 12.1. The number of aliphatic carboxylic acids is 1. The minimum Gasteiger partial charge on any atom is -0.481 e. The predicted molar refractivity (Wildman–Crippen MR) is 147 cm³/mol. The average molecular weight is 553 g/mol. The van der Waals surface area contributed by atoms with Crippen molar-refractivity contribution in [1.29, 1.82) is 5.41 Å². The molecule has 0 aliphatic carbocycles. The lowest BCUT2D eigenvalue weighted by Gasteiger charge is -2.39. The first-order chi connectivity index (χ1) is 18.4. The molecule has 12 nitrogen and oxygen atoms in total. The van der Waals surface area contributed by atoms with E-state index in [1.54, 1.807) is 9.80 Å². The fourth-order valence-electron chi connectivity index (χ4n) is 5.66. The summed E-state index contributed by atoms with van der Waals surface area (Å²) in [6.07, 6.45) is 4.43. The van der Waals surface area contributed by atoms with Gasteiger partial charge in [-0.3, -0.25) is 20.0 Å². The Morgan fingerprint density at radius 1 is 1.08 bits per heavy atom. The summed E-state index contributed by atoms with van der Waals surface area (Å²) in [5.41, 5.74) is 5.25. The number of piperidine rings is 1. The van der Waals surface area contributed by atoms with Gasteiger partial charge in [0.15, 0.2) is 0 Å². The zero-order valence-corrected chi connectivity index (χ0v) is 23.9. The number of carbonyl (C=O) groups excluding carboxylic acids is 2. The third-order valence-corrected chi connectivity index (χ3v) is 7.73. The van der Waals surface area contributed by atoms with Crippen molar-refractivity contribution in [3.8, 4) is 0 Å². The van der Waals surface area contributed by atoms with Crippen molar-refractivity contribution in [1.82, 2.24) is 19.6 Å². The molecule has 0 spiro atoms. The quantitative estimate of drug-likeness (QED) is 0.188. The molecule has 222 valence electrons. The van der Waals surface area contributed by atoms with Crippen molar-refractivity contribution in [2.24, 2.45) is 11.7 Å². The van der Waals surface area contributed by atoms with E-state index in [2.05, 4.69) is 9.80 Å². The molecule has 0 saturated carbocycles. The molecule has 0 aromatic heterocycles. The van der Waals surface area contributed by atoms with Crippen LogP contribution in [0.3, 0.4) is 0 Å². The standard InChI is InChI=1S/C27H48N6O6/c1-27(2,3)39-26(37)33-12-9-20(17-22(33)24(28)29)7-4-5-11-32-19-21(38-25(32)36)18-31-15-13-30(14-16-31)10-6-8-23(34)35/h20-22H,4-19H2,1-3H3,(H3,28,29)(H,34,35). The molecular formula is C27H48N6O6. The largest absolute Gasteiger partial charge is 0.481 e. The molecule has 0 bridgehead atoms. The molecule has 3 heterocycles. The van der Waals surface area contributed by atoms with Crippen LogP contribution in [0, 0.1) is 11.3 Å². The van der Waals surface area contributed by atoms with Gasteiger partial charge < -0.3 is 30.1 Å². The number of amidine groups is 1. The van der Waals surface area contributed by atoms with Gasteiger partial charge in [-0.15, -0.1) is 0 Å². The third-order valence-electron chi connectivity index (χ3n) is 7.73. The molecule has 3 fully saturated rings. The number of hydrogen-bond acceptors (Lipinski definition) is 8. The van der Waals surface area contributed by atoms with Crippen LogP contribution in [-0.2, 0) is 14.3 Å². The number of nitrogens with two attached hydrogens (primary N) is 1. The number of hydrogen-bond donors (Lipinski definition) is 3. The van der Waals surface area contributed by atoms with Gasteiger partial charge in [-0.05, 0) is 58.9 Å². The van der Waals surface area contributed by atoms with Gasteiger partial charge in [-0.25, -0.2) is 9.59 Å². The van der Waals surface area contributed by atoms with E-state index >= 15 is 0 Å². The molecule has 0 aromatic carbocycles. The Bertz CT molecular complexity index is 856. The van der Waals surface area contributed by atoms with E-state index in [1.807, 2.05) is 20.8 Å². The van der Waals surface area contributed by atoms with Crippen LogP contribution in [0.25, 0.3) is 0 Å². The maximum Gasteiger partial charge on any atom is 0.410 e. The Hall–Kier alpha value is -2.60. The van der Waals surface area contributed by atoms with E-state index in [4.69, 9.17) is 25.7 Å². The zero-order chi connectivity index (χ0) is 28.6. The number of nitrogens with one attached hydrogen (secondary N) is 1. The molecule has 3 unspecified atom stereocenters. The number of carbonyl (C=O) groups is 3. The highest BCUT2D eigenvalue weighted by molar-refractivity contribution is 5.86. The van der Waals surface area contributed by atoms with Crippen LogP contribution < -0.4 is 5.73 Å². The molecule has 0 radical (unpaired) electrons. The molecular weight excluding hydrogens is 504 g/mol. The zero-order valence-electron chi connectivity index (χ0n) is 23.9. The Morgan fingerprint density at radius 2 is 1.77 bits per heavy atom. The van der Waals surface area contributed by atoms with Gasteiger partial charge in [0.1, 0.15) is 17.5 Å². The molecule has 3 rings (SSSR count). The Morgan fingerprint density at radius 3 is 2.41 bits per heavy atom. The number of piperazine rings is 1. The molecule has 2 amide bonds. The summed E-state index contributed by atoms with van der Waals surface area (Å²) in [7, 11) is 0. The predicted octanol–water partition coefficient (Wildman–Crippen LogP) is 2.41. The van der Waals surface area contributed by atoms with Crippen molar-refractivity contribution in [3.05, 3.63) is 0 Å². The lowest BCUT2D eigenvalue weighted by atomic mass is 9.86. The summed E-state index contributed by atoms with van der Waals surface area (Å²) in [6, 6.07) is -0.431. The fourth-order valence-corrected chi connectivity index (χ4v) is 5.66. The molecule has 3 atom stereocenters. The number of carboxylic acid groups (broad SMARTS) is 1. The van der Waals surface area contributed by atoms with Crippen LogP contribution in [0.15, 0.2) is 0 Å². The Balaban J connectivity index is 1.32. The van der Waals surface area contributed by atoms with E-state index in [-0.39, 0.29) is 24.5 Å². The van der Waals surface area contributed by atoms with Crippen LogP contribution in [-0.4, -0.2) is 125 Å². The molecule has 39 heavy (non-hydrogen) atoms. The topological polar surface area (TPSA) is 153 Å². The number of ether oxygens (including phenoxy) is 2. The van der Waals surface area contributed by atoms with Crippen LogP contribution >= 0.6 is 0 Å². The molecule has 3 aliphatic heterocycles. The Labute approximate surface area is 232 Å². The minimum atomic E-state index is -0.747. The van der Waals surface area contributed by atoms with Gasteiger partial charge in [0, 0.05) is 52.2 Å². The van der Waals surface area contributed by atoms with Crippen LogP contribution in [0.2, 0.25) is 0 Å². The van der Waals surface area contributed by atoms with Crippen LogP contribution in [0.1, 0.15) is 65.7 Å². The molecule has 3 saturated heterocycles. The van der Waals surface area contributed by atoms with Crippen molar-refractivity contribution < 1.29 is 29.0 Å². The van der Waals surface area contributed by atoms with E-state index in [0.29, 0.717) is 38.4 Å². The highest BCUT2D eigenvalue weighted by atomic mass is 16.6. The van der Waals surface area contributed by atoms with E-state index in [1.165, 1.54) is 0 Å². The van der Waals surface area contributed by atoms with Crippen molar-refractivity contribution in [2.45, 2.75) is 83.5 Å². The number of likely N-dealkylation sites (tertiary alicyclic amines) is 1. The number of amides is 2. The second kappa shape index (κ2) is 14.2. The second-order valence-electron chi connectivity index (χ2n) is 12.1. The lowest BCUT2D eigenvalue weighted by molar-refractivity contribution is -0.137. The maximum atomic E-state index is 12.6. The van der Waals surface area contributed by atoms with Gasteiger partial charge in [-0.1, -0.05) is 12.8 Å². The molecule has 12 heteroatoms. The third kappa shape index (κ3) is 10.1. The van der Waals surface area contributed by atoms with E-state index in [0.717, 1.165) is 65.0 Å². The van der Waals surface area contributed by atoms with Gasteiger partial charge in [-0.2, -0.15) is 0 Å². The summed E-state index contributed by atoms with van der Waals surface area (Å²) in [5, 5.41) is 16.8. The summed E-state index contributed by atoms with van der Waals surface area (Å²) < 4.78 is 11.1. The van der Waals surface area contributed by atoms with Gasteiger partial charge >= 0.3 is 18.2 Å². The van der Waals surface area contributed by atoms with Gasteiger partial charge in [0.2, 0.25) is 0 Å². The molecule has 0 aromatic rings. The van der Waals surface area contributed by atoms with Crippen molar-refractivity contribution in [3.63, 3.8) is 0 Å². The number of carboxylic acids is 1. The first-order valence-electron chi connectivity index (χ1n) is 14.4. The summed E-state index contributed by atoms with van der Waals surface area (Å²) in [4.78, 5) is 43.7. The number of cyclic esters (lactones) is 1. The smallest absolute Gasteiger partial charge is 0.410 e. The van der Waals surface area contributed by atoms with Crippen LogP contribution in [0.5, 0.6) is 0 Å². The average Bonchev–Trinajstić information content (AvgIpc) is 3.20. The van der Waals surface area contributed by atoms with E-state index in [9.17, 15) is 14.4 Å². The first kappa shape index (κ1) is 30.9. The fraction of sp³-hybridized carbons (Fsp3) is 0.852. The number of nitrogens with zero attached hydrogens (tertiary/aromatic N) is 4. The molecule has 3 aliphatic rings. The molecule has 4 N–H and O–H groups in total. The minimum absolute atomic E-state index is 0.00369. The van der Waals surface area contributed by atoms with Crippen LogP contribution in [0.4, 0.5) is 9.59 Å². The lowest BCUT2D eigenvalue weighted by Crippen LogP contribution is -2.53. The summed E-state index contributed by atoms with van der Waals surface area (Å²) in [6.45, 7) is 12.4. The summed E-state index contributed by atoms with van der Waals surface area (Å²) >= 11 is 0. The first-order valence-corrected chi connectivity index (χ1v) is 14.4. The van der Waals surface area contributed by atoms with Crippen molar-refractivity contribution >= 4 is 24.0 Å². The van der Waals surface area contributed by atoms with Gasteiger partial charge in [0.05, 0.1) is 12.6 Å². The summed E-state index contributed by atoms with van der Waals surface area (Å²) in [5.74, 6) is -0.377. The highest BCUT2D eigenvalue weighted by Gasteiger charge is 2.36. The number of rotatable bonds is 12. The Kier molecular flexibility index (Phi) is 11.2. The number of unbranched alkanes of at least 4 members (excludes halogenated alkanes) is 1. The maximum absolute atomic E-state index is 12.6. The highest BCUT2D eigenvalue weighted by Crippen LogP contribution is 2.29. The van der Waals surface area contributed by atoms with Gasteiger partial charge in [0.25, 0.3) is 0 Å². The van der Waals surface area contributed by atoms with Crippen molar-refractivity contribution in [2.75, 3.05) is 58.9 Å². The van der Waals surface area contributed by atoms with E-state index < -0.39 is 23.7 Å².